The van der Waals surface area contributed by atoms with Crippen LogP contribution in [0.3, 0.4) is 0 Å². The molecule has 0 atom stereocenters. The highest BCUT2D eigenvalue weighted by molar-refractivity contribution is 5.73. The standard InChI is InChI=1S/C15H20N2O2/c1-15(2,12-16)9-6-10-17(11-14(18)19)13-7-4-3-5-8-13/h3-5,7-8H,6,9-11H2,1-2H3,(H,18,19). The van der Waals surface area contributed by atoms with Crippen molar-refractivity contribution in [2.75, 3.05) is 18.0 Å². The summed E-state index contributed by atoms with van der Waals surface area (Å²) in [5.41, 5.74) is 0.547. The van der Waals surface area contributed by atoms with Crippen LogP contribution in [-0.4, -0.2) is 24.2 Å². The number of hydrogen-bond acceptors (Lipinski definition) is 3. The normalized spacial score (nSPS) is 10.8. The van der Waals surface area contributed by atoms with Gasteiger partial charge in [-0.25, -0.2) is 0 Å². The molecule has 1 N–H and O–H groups in total. The molecule has 4 nitrogen and oxygen atoms in total. The van der Waals surface area contributed by atoms with Gasteiger partial charge in [0.05, 0.1) is 11.5 Å². The molecule has 0 saturated heterocycles. The van der Waals surface area contributed by atoms with E-state index < -0.39 is 5.97 Å². The Morgan fingerprint density at radius 2 is 2.00 bits per heavy atom. The highest BCUT2D eigenvalue weighted by atomic mass is 16.4. The second kappa shape index (κ2) is 6.79. The van der Waals surface area contributed by atoms with Gasteiger partial charge in [0.15, 0.2) is 0 Å². The monoisotopic (exact) mass is 260 g/mol. The molecule has 0 aliphatic rings. The van der Waals surface area contributed by atoms with Crippen LogP contribution in [0.5, 0.6) is 0 Å². The minimum Gasteiger partial charge on any atom is -0.480 e. The number of benzene rings is 1. The molecule has 0 spiro atoms. The van der Waals surface area contributed by atoms with Crippen LogP contribution < -0.4 is 4.90 Å². The summed E-state index contributed by atoms with van der Waals surface area (Å²) in [6.07, 6.45) is 1.55. The van der Waals surface area contributed by atoms with Crippen molar-refractivity contribution in [2.24, 2.45) is 5.41 Å². The van der Waals surface area contributed by atoms with Gasteiger partial charge in [-0.2, -0.15) is 5.26 Å². The molecule has 0 heterocycles. The number of para-hydroxylation sites is 1. The molecule has 0 fully saturated rings. The fourth-order valence-electron chi connectivity index (χ4n) is 1.87. The highest BCUT2D eigenvalue weighted by Crippen LogP contribution is 2.22. The molecule has 0 amide bonds. The molecule has 102 valence electrons. The minimum absolute atomic E-state index is 0.0169. The van der Waals surface area contributed by atoms with E-state index in [1.807, 2.05) is 49.1 Å². The van der Waals surface area contributed by atoms with Crippen molar-refractivity contribution in [1.82, 2.24) is 0 Å². The topological polar surface area (TPSA) is 64.3 Å². The maximum atomic E-state index is 10.9. The van der Waals surface area contributed by atoms with Crippen LogP contribution in [0.1, 0.15) is 26.7 Å². The zero-order valence-electron chi connectivity index (χ0n) is 11.5. The molecular weight excluding hydrogens is 240 g/mol. The molecule has 4 heteroatoms. The van der Waals surface area contributed by atoms with Gasteiger partial charge in [0.1, 0.15) is 6.54 Å². The summed E-state index contributed by atoms with van der Waals surface area (Å²) >= 11 is 0. The summed E-state index contributed by atoms with van der Waals surface area (Å²) < 4.78 is 0. The summed E-state index contributed by atoms with van der Waals surface area (Å²) in [6, 6.07) is 11.8. The molecule has 0 bridgehead atoms. The third kappa shape index (κ3) is 5.43. The van der Waals surface area contributed by atoms with Gasteiger partial charge < -0.3 is 10.0 Å². The Morgan fingerprint density at radius 1 is 1.37 bits per heavy atom. The molecular formula is C15H20N2O2. The average molecular weight is 260 g/mol. The van der Waals surface area contributed by atoms with Crippen molar-refractivity contribution in [3.05, 3.63) is 30.3 Å². The Kier molecular flexibility index (Phi) is 5.37. The van der Waals surface area contributed by atoms with Crippen LogP contribution in [0, 0.1) is 16.7 Å². The Bertz CT molecular complexity index is 449. The summed E-state index contributed by atoms with van der Waals surface area (Å²) in [5, 5.41) is 17.9. The zero-order valence-corrected chi connectivity index (χ0v) is 11.5. The molecule has 0 radical (unpaired) electrons. The van der Waals surface area contributed by atoms with Crippen LogP contribution in [0.2, 0.25) is 0 Å². The van der Waals surface area contributed by atoms with Gasteiger partial charge in [0, 0.05) is 12.2 Å². The molecule has 0 aliphatic carbocycles. The number of aliphatic carboxylic acids is 1. The molecule has 0 aliphatic heterocycles. The van der Waals surface area contributed by atoms with E-state index in [1.165, 1.54) is 0 Å². The van der Waals surface area contributed by atoms with Crippen LogP contribution in [0.15, 0.2) is 30.3 Å². The molecule has 1 aromatic rings. The van der Waals surface area contributed by atoms with Crippen LogP contribution >= 0.6 is 0 Å². The lowest BCUT2D eigenvalue weighted by atomic mass is 9.90. The number of carbonyl (C=O) groups is 1. The molecule has 0 unspecified atom stereocenters. The van der Waals surface area contributed by atoms with E-state index in [1.54, 1.807) is 0 Å². The van der Waals surface area contributed by atoms with Crippen molar-refractivity contribution in [3.63, 3.8) is 0 Å². The average Bonchev–Trinajstić information content (AvgIpc) is 2.38. The van der Waals surface area contributed by atoms with Crippen molar-refractivity contribution < 1.29 is 9.90 Å². The summed E-state index contributed by atoms with van der Waals surface area (Å²) in [6.45, 7) is 4.42. The fourth-order valence-corrected chi connectivity index (χ4v) is 1.87. The Balaban J connectivity index is 2.62. The van der Waals surface area contributed by atoms with Crippen molar-refractivity contribution >= 4 is 11.7 Å². The lowest BCUT2D eigenvalue weighted by Crippen LogP contribution is -2.31. The summed E-state index contributed by atoms with van der Waals surface area (Å²) in [7, 11) is 0. The number of rotatable bonds is 7. The van der Waals surface area contributed by atoms with E-state index in [4.69, 9.17) is 10.4 Å². The maximum Gasteiger partial charge on any atom is 0.323 e. The van der Waals surface area contributed by atoms with Crippen LogP contribution in [0.25, 0.3) is 0 Å². The first-order valence-corrected chi connectivity index (χ1v) is 6.38. The van der Waals surface area contributed by atoms with E-state index in [0.717, 1.165) is 18.5 Å². The van der Waals surface area contributed by atoms with Gasteiger partial charge in [-0.05, 0) is 38.8 Å². The first-order valence-electron chi connectivity index (χ1n) is 6.38. The van der Waals surface area contributed by atoms with Crippen LogP contribution in [0.4, 0.5) is 5.69 Å². The first kappa shape index (κ1) is 15.0. The Hall–Kier alpha value is -2.02. The number of anilines is 1. The van der Waals surface area contributed by atoms with Crippen molar-refractivity contribution in [3.8, 4) is 6.07 Å². The molecule has 19 heavy (non-hydrogen) atoms. The number of nitrogens with zero attached hydrogens (tertiary/aromatic N) is 2. The third-order valence-corrected chi connectivity index (χ3v) is 2.98. The highest BCUT2D eigenvalue weighted by Gasteiger charge is 2.17. The molecule has 0 saturated carbocycles. The van der Waals surface area contributed by atoms with Gasteiger partial charge in [-0.3, -0.25) is 4.79 Å². The lowest BCUT2D eigenvalue weighted by molar-refractivity contribution is -0.135. The van der Waals surface area contributed by atoms with Gasteiger partial charge in [-0.1, -0.05) is 18.2 Å². The van der Waals surface area contributed by atoms with E-state index in [-0.39, 0.29) is 12.0 Å². The predicted octanol–water partition coefficient (Wildman–Crippen LogP) is 2.91. The van der Waals surface area contributed by atoms with Crippen LogP contribution in [-0.2, 0) is 4.79 Å². The van der Waals surface area contributed by atoms with E-state index >= 15 is 0 Å². The second-order valence-corrected chi connectivity index (χ2v) is 5.25. The SMILES string of the molecule is CC(C)(C#N)CCCN(CC(=O)O)c1ccccc1. The molecule has 1 aromatic carbocycles. The Labute approximate surface area is 114 Å². The number of hydrogen-bond donors (Lipinski definition) is 1. The van der Waals surface area contributed by atoms with Gasteiger partial charge >= 0.3 is 5.97 Å². The number of carboxylic acid groups (broad SMARTS) is 1. The number of carboxylic acids is 1. The maximum absolute atomic E-state index is 10.9. The minimum atomic E-state index is -0.844. The number of nitriles is 1. The van der Waals surface area contributed by atoms with E-state index in [2.05, 4.69) is 6.07 Å². The first-order chi connectivity index (χ1) is 8.94. The quantitative estimate of drug-likeness (QED) is 0.818. The van der Waals surface area contributed by atoms with Gasteiger partial charge in [0.2, 0.25) is 0 Å². The Morgan fingerprint density at radius 3 is 2.53 bits per heavy atom. The predicted molar refractivity (Wildman–Crippen MR) is 74.9 cm³/mol. The van der Waals surface area contributed by atoms with E-state index in [0.29, 0.717) is 6.54 Å². The molecule has 0 aromatic heterocycles. The van der Waals surface area contributed by atoms with Gasteiger partial charge in [-0.15, -0.1) is 0 Å². The van der Waals surface area contributed by atoms with E-state index in [9.17, 15) is 4.79 Å². The third-order valence-electron chi connectivity index (χ3n) is 2.98. The fraction of sp³-hybridized carbons (Fsp3) is 0.467. The van der Waals surface area contributed by atoms with Crippen molar-refractivity contribution in [2.45, 2.75) is 26.7 Å². The largest absolute Gasteiger partial charge is 0.480 e. The molecule has 1 rings (SSSR count). The lowest BCUT2D eigenvalue weighted by Gasteiger charge is -2.24. The zero-order chi connectivity index (χ0) is 14.3. The van der Waals surface area contributed by atoms with Crippen molar-refractivity contribution in [1.29, 1.82) is 5.26 Å². The van der Waals surface area contributed by atoms with Gasteiger partial charge in [0.25, 0.3) is 0 Å². The smallest absolute Gasteiger partial charge is 0.323 e. The second-order valence-electron chi connectivity index (χ2n) is 5.25. The summed E-state index contributed by atoms with van der Waals surface area (Å²) in [5.74, 6) is -0.844. The summed E-state index contributed by atoms with van der Waals surface area (Å²) in [4.78, 5) is 12.7.